The van der Waals surface area contributed by atoms with Gasteiger partial charge in [0, 0.05) is 16.5 Å². The van der Waals surface area contributed by atoms with Crippen LogP contribution in [0, 0.1) is 5.41 Å². The van der Waals surface area contributed by atoms with E-state index in [-0.39, 0.29) is 17.3 Å². The lowest BCUT2D eigenvalue weighted by Gasteiger charge is -2.37. The number of likely N-dealkylation sites (tertiary alicyclic amines) is 1. The molecule has 162 valence electrons. The van der Waals surface area contributed by atoms with E-state index in [0.717, 1.165) is 32.5 Å². The lowest BCUT2D eigenvalue weighted by molar-refractivity contribution is -0.914. The minimum absolute atomic E-state index is 0.145. The van der Waals surface area contributed by atoms with Crippen molar-refractivity contribution >= 4 is 5.91 Å². The summed E-state index contributed by atoms with van der Waals surface area (Å²) in [5.74, 6) is -1.72. The van der Waals surface area contributed by atoms with Crippen molar-refractivity contribution in [3.63, 3.8) is 0 Å². The van der Waals surface area contributed by atoms with E-state index in [9.17, 15) is 18.0 Å². The van der Waals surface area contributed by atoms with Crippen LogP contribution in [0.15, 0.2) is 28.8 Å². The van der Waals surface area contributed by atoms with Gasteiger partial charge in [-0.25, -0.2) is 0 Å². The molecule has 1 aliphatic carbocycles. The molecule has 2 heterocycles. The molecule has 1 aromatic carbocycles. The number of piperidine rings is 1. The predicted octanol–water partition coefficient (Wildman–Crippen LogP) is 2.72. The second-order valence-corrected chi connectivity index (χ2v) is 9.35. The van der Waals surface area contributed by atoms with Crippen molar-refractivity contribution in [1.29, 1.82) is 0 Å². The number of rotatable bonds is 5. The minimum atomic E-state index is -4.69. The number of quaternary nitrogens is 1. The first-order chi connectivity index (χ1) is 14.1. The van der Waals surface area contributed by atoms with Crippen molar-refractivity contribution in [2.45, 2.75) is 51.2 Å². The average molecular weight is 423 g/mol. The Balaban J connectivity index is 1.39. The fraction of sp³-hybridized carbons (Fsp3) is 0.571. The molecular formula is C21H26F3N4O2+. The van der Waals surface area contributed by atoms with Gasteiger partial charge < -0.3 is 14.7 Å². The number of carbonyl (C=O) groups is 1. The first kappa shape index (κ1) is 20.8. The third-order valence-electron chi connectivity index (χ3n) is 6.01. The summed E-state index contributed by atoms with van der Waals surface area (Å²) in [6.07, 6.45) is -0.282. The van der Waals surface area contributed by atoms with Crippen LogP contribution in [0.3, 0.4) is 0 Å². The van der Waals surface area contributed by atoms with Gasteiger partial charge in [-0.05, 0) is 37.8 Å². The topological polar surface area (TPSA) is 72.5 Å². The van der Waals surface area contributed by atoms with Gasteiger partial charge in [0.05, 0.1) is 18.6 Å². The van der Waals surface area contributed by atoms with Crippen LogP contribution in [0.25, 0.3) is 11.4 Å². The maximum atomic E-state index is 12.7. The molecule has 1 aromatic heterocycles. The van der Waals surface area contributed by atoms with Crippen LogP contribution in [-0.2, 0) is 6.18 Å². The Kier molecular flexibility index (Phi) is 5.12. The quantitative estimate of drug-likeness (QED) is 0.776. The highest BCUT2D eigenvalue weighted by atomic mass is 19.4. The average Bonchev–Trinajstić information content (AvgIpc) is 3.20. The van der Waals surface area contributed by atoms with Crippen LogP contribution in [-0.4, -0.2) is 41.2 Å². The Morgan fingerprint density at radius 2 is 1.90 bits per heavy atom. The molecule has 0 spiro atoms. The van der Waals surface area contributed by atoms with Crippen molar-refractivity contribution in [3.05, 3.63) is 35.7 Å². The fourth-order valence-electron chi connectivity index (χ4n) is 4.34. The zero-order valence-corrected chi connectivity index (χ0v) is 17.1. The predicted molar refractivity (Wildman–Crippen MR) is 103 cm³/mol. The summed E-state index contributed by atoms with van der Waals surface area (Å²) in [5, 5.41) is 6.55. The van der Waals surface area contributed by atoms with Gasteiger partial charge in [0.1, 0.15) is 6.54 Å². The Hall–Kier alpha value is -2.42. The number of halogens is 3. The summed E-state index contributed by atoms with van der Waals surface area (Å²) < 4.78 is 42.1. The summed E-state index contributed by atoms with van der Waals surface area (Å²) in [6.45, 7) is 7.79. The second kappa shape index (κ2) is 7.37. The van der Waals surface area contributed by atoms with Crippen LogP contribution in [0.5, 0.6) is 0 Å². The van der Waals surface area contributed by atoms with Gasteiger partial charge in [-0.3, -0.25) is 4.79 Å². The number of amides is 1. The molecule has 1 saturated carbocycles. The summed E-state index contributed by atoms with van der Waals surface area (Å²) in [7, 11) is 0. The van der Waals surface area contributed by atoms with E-state index in [1.54, 1.807) is 12.1 Å². The van der Waals surface area contributed by atoms with Crippen molar-refractivity contribution < 1.29 is 27.4 Å². The molecule has 1 unspecified atom stereocenters. The van der Waals surface area contributed by atoms with Crippen LogP contribution in [0.4, 0.5) is 13.2 Å². The number of benzene rings is 1. The van der Waals surface area contributed by atoms with Gasteiger partial charge >= 0.3 is 12.1 Å². The number of nitrogens with zero attached hydrogens (tertiary/aromatic N) is 2. The summed E-state index contributed by atoms with van der Waals surface area (Å²) >= 11 is 0. The SMILES string of the molecule is CC1(C)CCC[NH+](CC2(NC(=O)c3ccc(-c4noc(C(F)(F)F)n4)cc3)CC2)C1. The Morgan fingerprint density at radius 3 is 2.47 bits per heavy atom. The van der Waals surface area contributed by atoms with Crippen molar-refractivity contribution in [2.75, 3.05) is 19.6 Å². The van der Waals surface area contributed by atoms with Crippen molar-refractivity contribution in [1.82, 2.24) is 15.5 Å². The monoisotopic (exact) mass is 423 g/mol. The molecule has 0 radical (unpaired) electrons. The number of carbonyl (C=O) groups excluding carboxylic acids is 1. The highest BCUT2D eigenvalue weighted by Gasteiger charge is 2.48. The highest BCUT2D eigenvalue weighted by molar-refractivity contribution is 5.95. The largest absolute Gasteiger partial charge is 0.471 e. The molecule has 1 amide bonds. The van der Waals surface area contributed by atoms with E-state index in [0.29, 0.717) is 16.5 Å². The highest BCUT2D eigenvalue weighted by Crippen LogP contribution is 2.35. The zero-order chi connectivity index (χ0) is 21.6. The molecular weight excluding hydrogens is 397 g/mol. The molecule has 2 aromatic rings. The molecule has 2 N–H and O–H groups in total. The molecule has 1 aliphatic heterocycles. The summed E-state index contributed by atoms with van der Waals surface area (Å²) in [5.41, 5.74) is 1.00. The number of nitrogens with one attached hydrogen (secondary N) is 2. The van der Waals surface area contributed by atoms with Crippen LogP contribution in [0.1, 0.15) is 55.8 Å². The third kappa shape index (κ3) is 4.66. The lowest BCUT2D eigenvalue weighted by Crippen LogP contribution is -3.15. The first-order valence-electron chi connectivity index (χ1n) is 10.2. The molecule has 2 fully saturated rings. The smallest absolute Gasteiger partial charge is 0.341 e. The van der Waals surface area contributed by atoms with E-state index in [4.69, 9.17) is 0 Å². The normalized spacial score (nSPS) is 22.5. The Bertz CT molecular complexity index is 917. The molecule has 6 nitrogen and oxygen atoms in total. The van der Waals surface area contributed by atoms with Crippen LogP contribution in [0.2, 0.25) is 0 Å². The van der Waals surface area contributed by atoms with Gasteiger partial charge in [-0.2, -0.15) is 18.2 Å². The minimum Gasteiger partial charge on any atom is -0.341 e. The number of hydrogen-bond acceptors (Lipinski definition) is 4. The Morgan fingerprint density at radius 1 is 1.20 bits per heavy atom. The molecule has 0 bridgehead atoms. The maximum Gasteiger partial charge on any atom is 0.471 e. The van der Waals surface area contributed by atoms with Gasteiger partial charge in [0.2, 0.25) is 5.82 Å². The van der Waals surface area contributed by atoms with Crippen LogP contribution < -0.4 is 10.2 Å². The van der Waals surface area contributed by atoms with E-state index in [2.05, 4.69) is 33.8 Å². The lowest BCUT2D eigenvalue weighted by atomic mass is 9.84. The third-order valence-corrected chi connectivity index (χ3v) is 6.01. The van der Waals surface area contributed by atoms with E-state index in [1.165, 1.54) is 29.9 Å². The van der Waals surface area contributed by atoms with E-state index >= 15 is 0 Å². The van der Waals surface area contributed by atoms with E-state index < -0.39 is 12.1 Å². The summed E-state index contributed by atoms with van der Waals surface area (Å²) in [4.78, 5) is 17.6. The molecule has 30 heavy (non-hydrogen) atoms. The van der Waals surface area contributed by atoms with Gasteiger partial charge in [-0.15, -0.1) is 0 Å². The van der Waals surface area contributed by atoms with Crippen molar-refractivity contribution in [3.8, 4) is 11.4 Å². The van der Waals surface area contributed by atoms with Crippen LogP contribution >= 0.6 is 0 Å². The molecule has 1 atom stereocenters. The maximum absolute atomic E-state index is 12.7. The number of hydrogen-bond donors (Lipinski definition) is 2. The second-order valence-electron chi connectivity index (χ2n) is 9.35. The first-order valence-corrected chi connectivity index (χ1v) is 10.2. The molecule has 2 aliphatic rings. The summed E-state index contributed by atoms with van der Waals surface area (Å²) in [6, 6.07) is 6.19. The van der Waals surface area contributed by atoms with Gasteiger partial charge in [0.25, 0.3) is 5.91 Å². The van der Waals surface area contributed by atoms with Crippen molar-refractivity contribution in [2.24, 2.45) is 5.41 Å². The van der Waals surface area contributed by atoms with Gasteiger partial charge in [-0.1, -0.05) is 31.1 Å². The number of aromatic nitrogens is 2. The van der Waals surface area contributed by atoms with E-state index in [1.807, 2.05) is 0 Å². The number of alkyl halides is 3. The van der Waals surface area contributed by atoms with Gasteiger partial charge in [0.15, 0.2) is 0 Å². The zero-order valence-electron chi connectivity index (χ0n) is 17.1. The standard InChI is InChI=1S/C21H25F3N4O2/c1-19(2)8-3-11-28(12-19)13-20(9-10-20)26-17(29)15-6-4-14(5-7-15)16-25-18(30-27-16)21(22,23)24/h4-7H,3,8-13H2,1-2H3,(H,26,29)/p+1. The fourth-order valence-corrected chi connectivity index (χ4v) is 4.34. The molecule has 9 heteroatoms. The molecule has 1 saturated heterocycles. The Labute approximate surface area is 172 Å². The molecule has 4 rings (SSSR count).